The summed E-state index contributed by atoms with van der Waals surface area (Å²) >= 11 is 0. The molecule has 0 fully saturated rings. The Morgan fingerprint density at radius 1 is 1.04 bits per heavy atom. The maximum absolute atomic E-state index is 12.3. The van der Waals surface area contributed by atoms with E-state index in [0.29, 0.717) is 29.4 Å². The highest BCUT2D eigenvalue weighted by Gasteiger charge is 2.11. The van der Waals surface area contributed by atoms with E-state index in [9.17, 15) is 4.79 Å². The molecule has 0 aliphatic heterocycles. The highest BCUT2D eigenvalue weighted by Crippen LogP contribution is 2.26. The zero-order valence-electron chi connectivity index (χ0n) is 14.6. The van der Waals surface area contributed by atoms with E-state index in [4.69, 9.17) is 10.00 Å². The Morgan fingerprint density at radius 2 is 1.78 bits per heavy atom. The summed E-state index contributed by atoms with van der Waals surface area (Å²) in [6.45, 7) is 2.46. The molecule has 0 radical (unpaired) electrons. The van der Waals surface area contributed by atoms with Crippen LogP contribution >= 0.6 is 0 Å². The topological polar surface area (TPSA) is 99.9 Å². The Hall–Kier alpha value is -3.92. The average Bonchev–Trinajstić information content (AvgIpc) is 2.70. The van der Waals surface area contributed by atoms with Crippen molar-refractivity contribution in [2.75, 3.05) is 17.2 Å². The first-order valence-corrected chi connectivity index (χ1v) is 8.34. The maximum atomic E-state index is 12.3. The molecule has 0 bridgehead atoms. The molecule has 27 heavy (non-hydrogen) atoms. The summed E-state index contributed by atoms with van der Waals surface area (Å²) < 4.78 is 5.56. The number of nitriles is 1. The van der Waals surface area contributed by atoms with Crippen LogP contribution in [0.25, 0.3) is 0 Å². The van der Waals surface area contributed by atoms with Gasteiger partial charge in [0.15, 0.2) is 11.5 Å². The Labute approximate surface area is 156 Å². The number of nitrogens with one attached hydrogen (secondary N) is 2. The van der Waals surface area contributed by atoms with Crippen LogP contribution in [0.3, 0.4) is 0 Å². The van der Waals surface area contributed by atoms with Gasteiger partial charge in [0.1, 0.15) is 11.8 Å². The Morgan fingerprint density at radius 3 is 2.48 bits per heavy atom. The summed E-state index contributed by atoms with van der Waals surface area (Å²) in [5, 5.41) is 22.9. The number of para-hydroxylation sites is 3. The quantitative estimate of drug-likeness (QED) is 0.695. The van der Waals surface area contributed by atoms with E-state index >= 15 is 0 Å². The lowest BCUT2D eigenvalue weighted by atomic mass is 10.2. The Balaban J connectivity index is 1.72. The predicted octanol–water partition coefficient (Wildman–Crippen LogP) is 3.74. The maximum Gasteiger partial charge on any atom is 0.276 e. The average molecular weight is 359 g/mol. The third-order valence-electron chi connectivity index (χ3n) is 3.64. The summed E-state index contributed by atoms with van der Waals surface area (Å²) in [7, 11) is 0. The summed E-state index contributed by atoms with van der Waals surface area (Å²) in [5.74, 6) is 0.749. The van der Waals surface area contributed by atoms with Crippen LogP contribution in [0.5, 0.6) is 5.75 Å². The van der Waals surface area contributed by atoms with Crippen molar-refractivity contribution in [3.8, 4) is 11.8 Å². The molecule has 0 saturated carbocycles. The number of amides is 1. The molecule has 1 amide bonds. The molecule has 0 aliphatic carbocycles. The first-order valence-electron chi connectivity index (χ1n) is 8.34. The monoisotopic (exact) mass is 359 g/mol. The molecule has 7 nitrogen and oxygen atoms in total. The number of hydrogen-bond acceptors (Lipinski definition) is 6. The molecule has 2 aromatic carbocycles. The van der Waals surface area contributed by atoms with Crippen molar-refractivity contribution in [1.29, 1.82) is 5.26 Å². The fourth-order valence-electron chi connectivity index (χ4n) is 2.39. The first-order chi connectivity index (χ1) is 13.2. The third kappa shape index (κ3) is 4.38. The van der Waals surface area contributed by atoms with Crippen molar-refractivity contribution >= 4 is 23.1 Å². The number of carbonyl (C=O) groups is 1. The van der Waals surface area contributed by atoms with Gasteiger partial charge < -0.3 is 15.4 Å². The summed E-state index contributed by atoms with van der Waals surface area (Å²) in [5.41, 5.74) is 1.71. The van der Waals surface area contributed by atoms with Crippen molar-refractivity contribution in [3.63, 3.8) is 0 Å². The molecule has 3 aromatic rings. The van der Waals surface area contributed by atoms with E-state index in [0.717, 1.165) is 5.69 Å². The molecule has 7 heteroatoms. The second kappa shape index (κ2) is 8.45. The van der Waals surface area contributed by atoms with E-state index in [1.807, 2.05) is 37.3 Å². The SMILES string of the molecule is CCOc1ccccc1Nc1ccc(C(=O)Nc2ccccc2C#N)nn1. The van der Waals surface area contributed by atoms with Crippen molar-refractivity contribution in [2.45, 2.75) is 6.92 Å². The van der Waals surface area contributed by atoms with Gasteiger partial charge >= 0.3 is 0 Å². The van der Waals surface area contributed by atoms with Crippen LogP contribution in [0.4, 0.5) is 17.2 Å². The molecule has 1 heterocycles. The van der Waals surface area contributed by atoms with Crippen molar-refractivity contribution in [3.05, 3.63) is 71.9 Å². The highest BCUT2D eigenvalue weighted by atomic mass is 16.5. The van der Waals surface area contributed by atoms with Crippen LogP contribution in [0.1, 0.15) is 23.0 Å². The smallest absolute Gasteiger partial charge is 0.276 e. The van der Waals surface area contributed by atoms with Crippen molar-refractivity contribution in [1.82, 2.24) is 10.2 Å². The number of hydrogen-bond donors (Lipinski definition) is 2. The van der Waals surface area contributed by atoms with Gasteiger partial charge in [0.05, 0.1) is 23.5 Å². The van der Waals surface area contributed by atoms with Gasteiger partial charge in [0.2, 0.25) is 0 Å². The zero-order valence-corrected chi connectivity index (χ0v) is 14.6. The molecule has 134 valence electrons. The first kappa shape index (κ1) is 17.9. The molecule has 0 spiro atoms. The molecule has 0 saturated heterocycles. The summed E-state index contributed by atoms with van der Waals surface area (Å²) in [4.78, 5) is 12.3. The lowest BCUT2D eigenvalue weighted by Gasteiger charge is -2.11. The lowest BCUT2D eigenvalue weighted by molar-refractivity contribution is 0.102. The van der Waals surface area contributed by atoms with E-state index in [1.165, 1.54) is 0 Å². The Kier molecular flexibility index (Phi) is 5.60. The highest BCUT2D eigenvalue weighted by molar-refractivity contribution is 6.03. The summed E-state index contributed by atoms with van der Waals surface area (Å²) in [6, 6.07) is 19.5. The van der Waals surface area contributed by atoms with E-state index in [2.05, 4.69) is 20.8 Å². The minimum Gasteiger partial charge on any atom is -0.492 e. The number of carbonyl (C=O) groups excluding carboxylic acids is 1. The number of nitrogens with zero attached hydrogens (tertiary/aromatic N) is 3. The van der Waals surface area contributed by atoms with Crippen LogP contribution in [0.2, 0.25) is 0 Å². The molecule has 3 rings (SSSR count). The zero-order chi connectivity index (χ0) is 19.1. The van der Waals surface area contributed by atoms with Gasteiger partial charge in [-0.25, -0.2) is 0 Å². The van der Waals surface area contributed by atoms with Gasteiger partial charge in [-0.2, -0.15) is 5.26 Å². The van der Waals surface area contributed by atoms with Gasteiger partial charge in [-0.05, 0) is 43.3 Å². The van der Waals surface area contributed by atoms with Gasteiger partial charge in [-0.15, -0.1) is 10.2 Å². The molecule has 0 aliphatic rings. The fourth-order valence-corrected chi connectivity index (χ4v) is 2.39. The Bertz CT molecular complexity index is 980. The van der Waals surface area contributed by atoms with Crippen molar-refractivity contribution < 1.29 is 9.53 Å². The number of ether oxygens (including phenoxy) is 1. The molecule has 0 unspecified atom stereocenters. The van der Waals surface area contributed by atoms with Crippen LogP contribution in [0.15, 0.2) is 60.7 Å². The fraction of sp³-hybridized carbons (Fsp3) is 0.100. The van der Waals surface area contributed by atoms with Crippen LogP contribution < -0.4 is 15.4 Å². The van der Waals surface area contributed by atoms with E-state index in [1.54, 1.807) is 36.4 Å². The molecular formula is C20H17N5O2. The molecule has 2 N–H and O–H groups in total. The number of benzene rings is 2. The largest absolute Gasteiger partial charge is 0.492 e. The van der Waals surface area contributed by atoms with Gasteiger partial charge in [-0.1, -0.05) is 24.3 Å². The standard InChI is InChI=1S/C20H17N5O2/c1-2-27-18-10-6-5-9-16(18)22-19-12-11-17(24-25-19)20(26)23-15-8-4-3-7-14(15)13-21/h3-12H,2H2,1H3,(H,22,25)(H,23,26). The van der Waals surface area contributed by atoms with Crippen LogP contribution in [-0.2, 0) is 0 Å². The molecule has 0 atom stereocenters. The minimum atomic E-state index is -0.438. The summed E-state index contributed by atoms with van der Waals surface area (Å²) in [6.07, 6.45) is 0. The molecule has 1 aromatic heterocycles. The molecular weight excluding hydrogens is 342 g/mol. The van der Waals surface area contributed by atoms with Gasteiger partial charge in [-0.3, -0.25) is 4.79 Å². The van der Waals surface area contributed by atoms with E-state index < -0.39 is 5.91 Å². The lowest BCUT2D eigenvalue weighted by Crippen LogP contribution is -2.15. The predicted molar refractivity (Wildman–Crippen MR) is 102 cm³/mol. The van der Waals surface area contributed by atoms with Gasteiger partial charge in [0, 0.05) is 0 Å². The second-order valence-electron chi connectivity index (χ2n) is 5.47. The number of aromatic nitrogens is 2. The minimum absolute atomic E-state index is 0.145. The van der Waals surface area contributed by atoms with Gasteiger partial charge in [0.25, 0.3) is 5.91 Å². The normalized spacial score (nSPS) is 9.93. The third-order valence-corrected chi connectivity index (χ3v) is 3.64. The van der Waals surface area contributed by atoms with E-state index in [-0.39, 0.29) is 5.69 Å². The van der Waals surface area contributed by atoms with Crippen molar-refractivity contribution in [2.24, 2.45) is 0 Å². The number of anilines is 3. The van der Waals surface area contributed by atoms with Crippen LogP contribution in [-0.4, -0.2) is 22.7 Å². The second-order valence-corrected chi connectivity index (χ2v) is 5.47. The van der Waals surface area contributed by atoms with Crippen LogP contribution in [0, 0.1) is 11.3 Å². The number of rotatable bonds is 6.